The average Bonchev–Trinajstić information content (AvgIpc) is 2.37. The normalized spacial score (nSPS) is 12.3. The van der Waals surface area contributed by atoms with Gasteiger partial charge in [0.05, 0.1) is 4.90 Å². The van der Waals surface area contributed by atoms with Crippen molar-refractivity contribution in [3.8, 4) is 0 Å². The molecule has 0 amide bonds. The number of nitrogens with two attached hydrogens (primary N) is 1. The Morgan fingerprint density at radius 2 is 1.95 bits per heavy atom. The number of hydrogen-bond acceptors (Lipinski definition) is 4. The standard InChI is InChI=1S/C15H27N3O2S/c1-12(2)18(4)10-6-5-9-17-21(19,20)15-8-7-14(16)11-13(15)3/h7-8,11-12,17H,5-6,9-10,16H2,1-4H3. The number of benzene rings is 1. The van der Waals surface area contributed by atoms with E-state index in [2.05, 4.69) is 30.5 Å². The van der Waals surface area contributed by atoms with Crippen LogP contribution in [0.4, 0.5) is 5.69 Å². The van der Waals surface area contributed by atoms with Gasteiger partial charge in [0.25, 0.3) is 0 Å². The van der Waals surface area contributed by atoms with Crippen molar-refractivity contribution in [3.05, 3.63) is 23.8 Å². The number of rotatable bonds is 8. The zero-order chi connectivity index (χ0) is 16.0. The summed E-state index contributed by atoms with van der Waals surface area (Å²) in [6.07, 6.45) is 1.79. The van der Waals surface area contributed by atoms with E-state index in [0.717, 1.165) is 19.4 Å². The van der Waals surface area contributed by atoms with Gasteiger partial charge in [0, 0.05) is 18.3 Å². The molecule has 1 aromatic rings. The minimum Gasteiger partial charge on any atom is -0.399 e. The topological polar surface area (TPSA) is 75.4 Å². The van der Waals surface area contributed by atoms with Gasteiger partial charge in [0.1, 0.15) is 0 Å². The molecule has 0 spiro atoms. The Balaban J connectivity index is 2.47. The number of aryl methyl sites for hydroxylation is 1. The minimum atomic E-state index is -3.44. The maximum absolute atomic E-state index is 12.2. The minimum absolute atomic E-state index is 0.302. The van der Waals surface area contributed by atoms with Crippen molar-refractivity contribution in [1.29, 1.82) is 0 Å². The Labute approximate surface area is 128 Å². The zero-order valence-corrected chi connectivity index (χ0v) is 14.2. The van der Waals surface area contributed by atoms with Gasteiger partial charge in [-0.25, -0.2) is 13.1 Å². The molecule has 0 atom stereocenters. The van der Waals surface area contributed by atoms with Crippen LogP contribution in [-0.2, 0) is 10.0 Å². The van der Waals surface area contributed by atoms with Crippen LogP contribution in [0.2, 0.25) is 0 Å². The number of nitrogens with one attached hydrogen (secondary N) is 1. The van der Waals surface area contributed by atoms with Gasteiger partial charge in [-0.1, -0.05) is 0 Å². The Morgan fingerprint density at radius 3 is 2.52 bits per heavy atom. The lowest BCUT2D eigenvalue weighted by atomic mass is 10.2. The highest BCUT2D eigenvalue weighted by Gasteiger charge is 2.15. The van der Waals surface area contributed by atoms with Crippen molar-refractivity contribution in [3.63, 3.8) is 0 Å². The molecule has 0 fully saturated rings. The van der Waals surface area contributed by atoms with Crippen molar-refractivity contribution in [1.82, 2.24) is 9.62 Å². The SMILES string of the molecule is Cc1cc(N)ccc1S(=O)(=O)NCCCCN(C)C(C)C. The summed E-state index contributed by atoms with van der Waals surface area (Å²) in [5.41, 5.74) is 6.88. The number of anilines is 1. The van der Waals surface area contributed by atoms with E-state index in [1.165, 1.54) is 0 Å². The Morgan fingerprint density at radius 1 is 1.29 bits per heavy atom. The molecule has 1 rings (SSSR count). The van der Waals surface area contributed by atoms with Crippen molar-refractivity contribution in [2.45, 2.75) is 44.6 Å². The molecule has 21 heavy (non-hydrogen) atoms. The molecule has 6 heteroatoms. The molecule has 120 valence electrons. The predicted molar refractivity (Wildman–Crippen MR) is 87.8 cm³/mol. The van der Waals surface area contributed by atoms with Crippen LogP contribution in [0.5, 0.6) is 0 Å². The summed E-state index contributed by atoms with van der Waals surface area (Å²) in [5.74, 6) is 0. The summed E-state index contributed by atoms with van der Waals surface area (Å²) in [6.45, 7) is 7.47. The van der Waals surface area contributed by atoms with E-state index in [0.29, 0.717) is 28.7 Å². The molecule has 0 aromatic heterocycles. The maximum Gasteiger partial charge on any atom is 0.240 e. The van der Waals surface area contributed by atoms with Gasteiger partial charge in [-0.15, -0.1) is 0 Å². The molecule has 0 saturated carbocycles. The lowest BCUT2D eigenvalue weighted by Gasteiger charge is -2.20. The maximum atomic E-state index is 12.2. The van der Waals surface area contributed by atoms with Crippen molar-refractivity contribution in [2.75, 3.05) is 25.9 Å². The van der Waals surface area contributed by atoms with Gasteiger partial charge in [0.15, 0.2) is 0 Å². The van der Waals surface area contributed by atoms with Crippen LogP contribution in [0.1, 0.15) is 32.3 Å². The van der Waals surface area contributed by atoms with Gasteiger partial charge in [0.2, 0.25) is 10.0 Å². The molecule has 3 N–H and O–H groups in total. The Kier molecular flexibility index (Phi) is 6.64. The van der Waals surface area contributed by atoms with Crippen LogP contribution in [0.25, 0.3) is 0 Å². The van der Waals surface area contributed by atoms with E-state index >= 15 is 0 Å². The van der Waals surface area contributed by atoms with Crippen LogP contribution in [0.15, 0.2) is 23.1 Å². The van der Waals surface area contributed by atoms with Crippen molar-refractivity contribution < 1.29 is 8.42 Å². The van der Waals surface area contributed by atoms with Crippen LogP contribution in [-0.4, -0.2) is 39.5 Å². The molecular formula is C15H27N3O2S. The van der Waals surface area contributed by atoms with Gasteiger partial charge < -0.3 is 10.6 Å². The first-order valence-corrected chi connectivity index (χ1v) is 8.78. The lowest BCUT2D eigenvalue weighted by Crippen LogP contribution is -2.29. The van der Waals surface area contributed by atoms with E-state index in [1.54, 1.807) is 25.1 Å². The summed E-state index contributed by atoms with van der Waals surface area (Å²) in [4.78, 5) is 2.55. The van der Waals surface area contributed by atoms with E-state index in [4.69, 9.17) is 5.73 Å². The number of nitrogens with zero attached hydrogens (tertiary/aromatic N) is 1. The van der Waals surface area contributed by atoms with Crippen LogP contribution >= 0.6 is 0 Å². The quantitative estimate of drug-likeness (QED) is 0.568. The number of hydrogen-bond donors (Lipinski definition) is 2. The highest BCUT2D eigenvalue weighted by atomic mass is 32.2. The van der Waals surface area contributed by atoms with Gasteiger partial charge >= 0.3 is 0 Å². The average molecular weight is 313 g/mol. The fourth-order valence-corrected chi connectivity index (χ4v) is 3.30. The second-order valence-electron chi connectivity index (χ2n) is 5.70. The van der Waals surface area contributed by atoms with E-state index in [-0.39, 0.29) is 0 Å². The monoisotopic (exact) mass is 313 g/mol. The third-order valence-electron chi connectivity index (χ3n) is 3.60. The largest absolute Gasteiger partial charge is 0.399 e. The third-order valence-corrected chi connectivity index (χ3v) is 5.22. The first-order chi connectivity index (χ1) is 9.74. The fraction of sp³-hybridized carbons (Fsp3) is 0.600. The molecule has 5 nitrogen and oxygen atoms in total. The summed E-state index contributed by atoms with van der Waals surface area (Å²) in [6, 6.07) is 5.35. The molecule has 0 aliphatic carbocycles. The number of unbranched alkanes of at least 4 members (excludes halogenated alkanes) is 1. The number of nitrogen functional groups attached to an aromatic ring is 1. The molecule has 0 heterocycles. The van der Waals surface area contributed by atoms with Gasteiger partial charge in [-0.2, -0.15) is 0 Å². The van der Waals surface area contributed by atoms with Crippen LogP contribution < -0.4 is 10.5 Å². The first kappa shape index (κ1) is 17.9. The summed E-state index contributed by atoms with van der Waals surface area (Å²) < 4.78 is 27.1. The van der Waals surface area contributed by atoms with Gasteiger partial charge in [-0.3, -0.25) is 0 Å². The first-order valence-electron chi connectivity index (χ1n) is 7.30. The smallest absolute Gasteiger partial charge is 0.240 e. The predicted octanol–water partition coefficient (Wildman–Crippen LogP) is 1.98. The second kappa shape index (κ2) is 7.77. The second-order valence-corrected chi connectivity index (χ2v) is 7.44. The lowest BCUT2D eigenvalue weighted by molar-refractivity contribution is 0.268. The van der Waals surface area contributed by atoms with E-state index < -0.39 is 10.0 Å². The van der Waals surface area contributed by atoms with Crippen molar-refractivity contribution >= 4 is 15.7 Å². The van der Waals surface area contributed by atoms with Gasteiger partial charge in [-0.05, 0) is 71.0 Å². The summed E-state index contributed by atoms with van der Waals surface area (Å²) in [5, 5.41) is 0. The summed E-state index contributed by atoms with van der Waals surface area (Å²) >= 11 is 0. The highest BCUT2D eigenvalue weighted by molar-refractivity contribution is 7.89. The Hall–Kier alpha value is -1.11. The molecule has 0 aliphatic rings. The van der Waals surface area contributed by atoms with Crippen LogP contribution in [0, 0.1) is 6.92 Å². The Bertz CT molecular complexity index is 556. The van der Waals surface area contributed by atoms with Crippen LogP contribution in [0.3, 0.4) is 0 Å². The van der Waals surface area contributed by atoms with Crippen molar-refractivity contribution in [2.24, 2.45) is 0 Å². The van der Waals surface area contributed by atoms with E-state index in [1.807, 2.05) is 0 Å². The molecule has 0 unspecified atom stereocenters. The molecule has 0 bridgehead atoms. The molecule has 1 aromatic carbocycles. The fourth-order valence-electron chi connectivity index (χ4n) is 2.00. The highest BCUT2D eigenvalue weighted by Crippen LogP contribution is 2.17. The van der Waals surface area contributed by atoms with E-state index in [9.17, 15) is 8.42 Å². The third kappa shape index (κ3) is 5.65. The molecule has 0 radical (unpaired) electrons. The number of sulfonamides is 1. The molecule has 0 saturated heterocycles. The molecular weight excluding hydrogens is 286 g/mol. The zero-order valence-electron chi connectivity index (χ0n) is 13.4. The summed E-state index contributed by atoms with van der Waals surface area (Å²) in [7, 11) is -1.37. The molecule has 0 aliphatic heterocycles.